The molecule has 0 amide bonds. The molecule has 0 bridgehead atoms. The molecule has 0 spiro atoms. The Morgan fingerprint density at radius 2 is 2.11 bits per heavy atom. The third-order valence-corrected chi connectivity index (χ3v) is 3.52. The largest absolute Gasteiger partial charge is 0.392 e. The van der Waals surface area contributed by atoms with Gasteiger partial charge in [-0.05, 0) is 44.6 Å². The number of hydrogen-bond donors (Lipinski definition) is 1. The monoisotopic (exact) mass is 249 g/mol. The van der Waals surface area contributed by atoms with E-state index in [1.165, 1.54) is 5.56 Å². The van der Waals surface area contributed by atoms with E-state index in [4.69, 9.17) is 0 Å². The summed E-state index contributed by atoms with van der Waals surface area (Å²) in [5.41, 5.74) is 1.31. The van der Waals surface area contributed by atoms with Crippen LogP contribution in [0.15, 0.2) is 24.5 Å². The van der Waals surface area contributed by atoms with Crippen LogP contribution in [0.3, 0.4) is 0 Å². The highest BCUT2D eigenvalue weighted by atomic mass is 16.3. The number of nitrogens with zero attached hydrogens (tertiary/aromatic N) is 3. The molecule has 0 radical (unpaired) electrons. The Kier molecular flexibility index (Phi) is 4.69. The molecule has 1 aromatic rings. The summed E-state index contributed by atoms with van der Waals surface area (Å²) in [5, 5.41) is 9.81. The van der Waals surface area contributed by atoms with Gasteiger partial charge in [0.25, 0.3) is 0 Å². The second-order valence-electron chi connectivity index (χ2n) is 5.41. The molecule has 0 aromatic carbocycles. The highest BCUT2D eigenvalue weighted by Gasteiger charge is 2.30. The van der Waals surface area contributed by atoms with E-state index in [9.17, 15) is 5.11 Å². The van der Waals surface area contributed by atoms with Crippen molar-refractivity contribution in [2.24, 2.45) is 0 Å². The van der Waals surface area contributed by atoms with Crippen LogP contribution in [0.1, 0.15) is 12.0 Å². The molecule has 4 heteroatoms. The molecule has 2 atom stereocenters. The molecule has 1 fully saturated rings. The van der Waals surface area contributed by atoms with Crippen molar-refractivity contribution in [2.75, 3.05) is 33.7 Å². The Morgan fingerprint density at radius 1 is 1.39 bits per heavy atom. The first kappa shape index (κ1) is 13.5. The molecule has 1 aliphatic rings. The maximum Gasteiger partial charge on any atom is 0.0682 e. The summed E-state index contributed by atoms with van der Waals surface area (Å²) in [6.45, 7) is 2.84. The first-order chi connectivity index (χ1) is 8.65. The normalized spacial score (nSPS) is 24.9. The number of β-amino-alcohol motifs (C(OH)–C–C–N with tert-alkyl or cyclic N) is 1. The molecule has 0 saturated carbocycles. The van der Waals surface area contributed by atoms with Gasteiger partial charge in [-0.3, -0.25) is 9.88 Å². The van der Waals surface area contributed by atoms with E-state index in [2.05, 4.69) is 41.0 Å². The molecule has 2 rings (SSSR count). The summed E-state index contributed by atoms with van der Waals surface area (Å²) in [6, 6.07) is 4.61. The maximum absolute atomic E-state index is 9.81. The van der Waals surface area contributed by atoms with Gasteiger partial charge in [0.2, 0.25) is 0 Å². The minimum Gasteiger partial charge on any atom is -0.392 e. The molecule has 1 aromatic heterocycles. The van der Waals surface area contributed by atoms with E-state index in [-0.39, 0.29) is 6.10 Å². The van der Waals surface area contributed by atoms with Gasteiger partial charge in [0.1, 0.15) is 0 Å². The number of likely N-dealkylation sites (tertiary alicyclic amines) is 1. The fraction of sp³-hybridized carbons (Fsp3) is 0.643. The lowest BCUT2D eigenvalue weighted by Crippen LogP contribution is -2.38. The highest BCUT2D eigenvalue weighted by Crippen LogP contribution is 2.18. The predicted molar refractivity (Wildman–Crippen MR) is 72.5 cm³/mol. The molecular weight excluding hydrogens is 226 g/mol. The van der Waals surface area contributed by atoms with Crippen LogP contribution in [-0.2, 0) is 6.42 Å². The zero-order valence-electron chi connectivity index (χ0n) is 11.3. The first-order valence-electron chi connectivity index (χ1n) is 6.61. The van der Waals surface area contributed by atoms with Crippen molar-refractivity contribution in [1.82, 2.24) is 14.8 Å². The molecular formula is C14H23N3O. The summed E-state index contributed by atoms with van der Waals surface area (Å²) >= 11 is 0. The maximum atomic E-state index is 9.81. The van der Waals surface area contributed by atoms with Gasteiger partial charge >= 0.3 is 0 Å². The lowest BCUT2D eigenvalue weighted by molar-refractivity contribution is 0.173. The van der Waals surface area contributed by atoms with Crippen molar-refractivity contribution < 1.29 is 5.11 Å². The zero-order valence-corrected chi connectivity index (χ0v) is 11.3. The van der Waals surface area contributed by atoms with Crippen molar-refractivity contribution in [3.63, 3.8) is 0 Å². The van der Waals surface area contributed by atoms with E-state index in [1.54, 1.807) is 0 Å². The van der Waals surface area contributed by atoms with Gasteiger partial charge in [-0.15, -0.1) is 0 Å². The summed E-state index contributed by atoms with van der Waals surface area (Å²) in [7, 11) is 4.18. The highest BCUT2D eigenvalue weighted by molar-refractivity contribution is 5.10. The fourth-order valence-corrected chi connectivity index (χ4v) is 2.66. The number of hydrogen-bond acceptors (Lipinski definition) is 4. The average Bonchev–Trinajstić information content (AvgIpc) is 2.67. The average molecular weight is 249 g/mol. The molecule has 1 saturated heterocycles. The van der Waals surface area contributed by atoms with Gasteiger partial charge in [0, 0.05) is 38.1 Å². The van der Waals surface area contributed by atoms with Crippen molar-refractivity contribution in [1.29, 1.82) is 0 Å². The molecule has 4 nitrogen and oxygen atoms in total. The van der Waals surface area contributed by atoms with Gasteiger partial charge in [-0.25, -0.2) is 0 Å². The number of likely N-dealkylation sites (N-methyl/N-ethyl adjacent to an activating group) is 1. The Hall–Kier alpha value is -0.970. The molecule has 0 aliphatic carbocycles. The molecule has 2 unspecified atom stereocenters. The minimum absolute atomic E-state index is 0.160. The number of pyridine rings is 1. The Morgan fingerprint density at radius 3 is 2.78 bits per heavy atom. The van der Waals surface area contributed by atoms with Gasteiger partial charge < -0.3 is 10.0 Å². The fourth-order valence-electron chi connectivity index (χ4n) is 2.66. The van der Waals surface area contributed by atoms with Gasteiger partial charge in [0.05, 0.1) is 6.10 Å². The van der Waals surface area contributed by atoms with E-state index in [0.29, 0.717) is 6.04 Å². The summed E-state index contributed by atoms with van der Waals surface area (Å²) in [4.78, 5) is 8.64. The first-order valence-corrected chi connectivity index (χ1v) is 6.61. The van der Waals surface area contributed by atoms with Crippen molar-refractivity contribution >= 4 is 0 Å². The minimum atomic E-state index is -0.160. The van der Waals surface area contributed by atoms with E-state index >= 15 is 0 Å². The van der Waals surface area contributed by atoms with Crippen LogP contribution in [0.25, 0.3) is 0 Å². The summed E-state index contributed by atoms with van der Waals surface area (Å²) < 4.78 is 0. The number of rotatable bonds is 5. The summed E-state index contributed by atoms with van der Waals surface area (Å²) in [5.74, 6) is 0. The van der Waals surface area contributed by atoms with Crippen LogP contribution in [0.2, 0.25) is 0 Å². The predicted octanol–water partition coefficient (Wildman–Crippen LogP) is 0.621. The second-order valence-corrected chi connectivity index (χ2v) is 5.41. The van der Waals surface area contributed by atoms with Crippen LogP contribution in [0, 0.1) is 0 Å². The Bertz CT molecular complexity index is 355. The van der Waals surface area contributed by atoms with Gasteiger partial charge in [-0.1, -0.05) is 0 Å². The zero-order chi connectivity index (χ0) is 13.0. The van der Waals surface area contributed by atoms with Crippen molar-refractivity contribution in [2.45, 2.75) is 25.0 Å². The third kappa shape index (κ3) is 3.77. The van der Waals surface area contributed by atoms with Gasteiger partial charge in [0.15, 0.2) is 0 Å². The molecule has 1 N–H and O–H groups in total. The molecule has 1 aliphatic heterocycles. The van der Waals surface area contributed by atoms with Crippen molar-refractivity contribution in [3.05, 3.63) is 30.1 Å². The van der Waals surface area contributed by atoms with E-state index in [1.807, 2.05) is 12.4 Å². The molecule has 100 valence electrons. The van der Waals surface area contributed by atoms with E-state index in [0.717, 1.165) is 32.5 Å². The molecule has 2 heterocycles. The lowest BCUT2D eigenvalue weighted by Gasteiger charge is -2.26. The lowest BCUT2D eigenvalue weighted by atomic mass is 10.1. The number of aliphatic hydroxyl groups excluding tert-OH is 1. The Labute approximate surface area is 109 Å². The van der Waals surface area contributed by atoms with Crippen LogP contribution in [-0.4, -0.2) is 65.8 Å². The third-order valence-electron chi connectivity index (χ3n) is 3.52. The van der Waals surface area contributed by atoms with Crippen LogP contribution in [0.4, 0.5) is 0 Å². The SMILES string of the molecule is CN(C)CC1CC(O)CN1CCc1ccncc1. The van der Waals surface area contributed by atoms with E-state index < -0.39 is 0 Å². The number of aliphatic hydroxyl groups is 1. The van der Waals surface area contributed by atoms with Crippen molar-refractivity contribution in [3.8, 4) is 0 Å². The number of aromatic nitrogens is 1. The van der Waals surface area contributed by atoms with Gasteiger partial charge in [-0.2, -0.15) is 0 Å². The van der Waals surface area contributed by atoms with Crippen LogP contribution < -0.4 is 0 Å². The molecule has 18 heavy (non-hydrogen) atoms. The standard InChI is InChI=1S/C14H23N3O/c1-16(2)10-13-9-14(18)11-17(13)8-5-12-3-6-15-7-4-12/h3-4,6-7,13-14,18H,5,8-11H2,1-2H3. The quantitative estimate of drug-likeness (QED) is 0.830. The topological polar surface area (TPSA) is 39.6 Å². The Balaban J connectivity index is 1.87. The summed E-state index contributed by atoms with van der Waals surface area (Å²) in [6.07, 6.45) is 5.44. The smallest absolute Gasteiger partial charge is 0.0682 e. The second kappa shape index (κ2) is 6.27. The van der Waals surface area contributed by atoms with Crippen LogP contribution >= 0.6 is 0 Å². The van der Waals surface area contributed by atoms with Crippen LogP contribution in [0.5, 0.6) is 0 Å².